The summed E-state index contributed by atoms with van der Waals surface area (Å²) in [6.07, 6.45) is 4.70. The Labute approximate surface area is 122 Å². The number of hydrogen-bond donors (Lipinski definition) is 2. The molecule has 1 heterocycles. The van der Waals surface area contributed by atoms with Crippen molar-refractivity contribution >= 4 is 17.5 Å². The molecule has 106 valence electrons. The van der Waals surface area contributed by atoms with Crippen LogP contribution in [-0.2, 0) is 13.1 Å². The maximum atomic E-state index is 11.0. The van der Waals surface area contributed by atoms with Gasteiger partial charge in [0.2, 0.25) is 5.91 Å². The predicted octanol–water partition coefficient (Wildman–Crippen LogP) is 1.82. The van der Waals surface area contributed by atoms with Crippen LogP contribution in [0.25, 0.3) is 0 Å². The van der Waals surface area contributed by atoms with E-state index in [1.807, 2.05) is 23.0 Å². The fraction of sp³-hybridized carbons (Fsp3) is 0.286. The maximum Gasteiger partial charge on any atom is 0.248 e. The number of carbonyl (C=O) groups excluding carboxylic acids is 1. The quantitative estimate of drug-likeness (QED) is 0.765. The molecule has 0 aliphatic rings. The number of hydrogen-bond acceptors (Lipinski definition) is 3. The van der Waals surface area contributed by atoms with Gasteiger partial charge in [0.15, 0.2) is 0 Å². The van der Waals surface area contributed by atoms with Gasteiger partial charge < -0.3 is 11.1 Å². The van der Waals surface area contributed by atoms with E-state index >= 15 is 0 Å². The molecular formula is C14H17ClN4O. The number of rotatable bonds is 7. The summed E-state index contributed by atoms with van der Waals surface area (Å²) < 4.78 is 1.90. The summed E-state index contributed by atoms with van der Waals surface area (Å²) in [4.78, 5) is 11.0. The normalized spacial score (nSPS) is 10.7. The first-order chi connectivity index (χ1) is 9.66. The topological polar surface area (TPSA) is 72.9 Å². The van der Waals surface area contributed by atoms with Crippen molar-refractivity contribution in [3.05, 3.63) is 52.8 Å². The van der Waals surface area contributed by atoms with Gasteiger partial charge in [-0.25, -0.2) is 0 Å². The van der Waals surface area contributed by atoms with Gasteiger partial charge in [0.05, 0.1) is 0 Å². The Balaban J connectivity index is 1.75. The monoisotopic (exact) mass is 292 g/mol. The van der Waals surface area contributed by atoms with E-state index in [9.17, 15) is 4.79 Å². The van der Waals surface area contributed by atoms with Gasteiger partial charge in [-0.05, 0) is 36.7 Å². The highest BCUT2D eigenvalue weighted by molar-refractivity contribution is 6.31. The summed E-state index contributed by atoms with van der Waals surface area (Å²) in [5.74, 6) is -0.467. The van der Waals surface area contributed by atoms with Crippen molar-refractivity contribution in [1.29, 1.82) is 0 Å². The van der Waals surface area contributed by atoms with Gasteiger partial charge in [-0.2, -0.15) is 5.10 Å². The Morgan fingerprint density at radius 1 is 1.45 bits per heavy atom. The van der Waals surface area contributed by atoms with E-state index in [4.69, 9.17) is 17.3 Å². The zero-order valence-corrected chi connectivity index (χ0v) is 11.8. The summed E-state index contributed by atoms with van der Waals surface area (Å²) in [7, 11) is 0. The summed E-state index contributed by atoms with van der Waals surface area (Å²) in [5, 5.41) is 8.00. The molecule has 0 bridgehead atoms. The molecule has 0 aliphatic carbocycles. The van der Waals surface area contributed by atoms with Gasteiger partial charge in [-0.1, -0.05) is 17.7 Å². The lowest BCUT2D eigenvalue weighted by atomic mass is 10.1. The Morgan fingerprint density at radius 2 is 2.30 bits per heavy atom. The van der Waals surface area contributed by atoms with Crippen molar-refractivity contribution in [1.82, 2.24) is 15.1 Å². The van der Waals surface area contributed by atoms with Crippen molar-refractivity contribution in [2.24, 2.45) is 5.73 Å². The van der Waals surface area contributed by atoms with Crippen LogP contribution in [0.3, 0.4) is 0 Å². The minimum Gasteiger partial charge on any atom is -0.366 e. The molecule has 0 spiro atoms. The Morgan fingerprint density at radius 3 is 2.95 bits per heavy atom. The molecule has 3 N–H and O–H groups in total. The molecule has 0 fully saturated rings. The highest BCUT2D eigenvalue weighted by Crippen LogP contribution is 2.17. The lowest BCUT2D eigenvalue weighted by Gasteiger charge is -2.08. The molecule has 0 atom stereocenters. The number of aromatic nitrogens is 2. The second-order valence-corrected chi connectivity index (χ2v) is 4.88. The van der Waals surface area contributed by atoms with Crippen molar-refractivity contribution < 1.29 is 4.79 Å². The van der Waals surface area contributed by atoms with Crippen LogP contribution in [0.2, 0.25) is 5.02 Å². The van der Waals surface area contributed by atoms with E-state index < -0.39 is 5.91 Å². The van der Waals surface area contributed by atoms with Crippen LogP contribution in [0.4, 0.5) is 0 Å². The minimum atomic E-state index is -0.467. The summed E-state index contributed by atoms with van der Waals surface area (Å²) >= 11 is 6.11. The van der Waals surface area contributed by atoms with E-state index in [1.165, 1.54) is 0 Å². The third kappa shape index (κ3) is 4.08. The second kappa shape index (κ2) is 7.07. The fourth-order valence-electron chi connectivity index (χ4n) is 1.87. The fourth-order valence-corrected chi connectivity index (χ4v) is 2.11. The Hall–Kier alpha value is -1.85. The lowest BCUT2D eigenvalue weighted by Crippen LogP contribution is -2.17. The summed E-state index contributed by atoms with van der Waals surface area (Å²) in [6, 6.07) is 7.02. The third-order valence-electron chi connectivity index (χ3n) is 2.95. The molecule has 0 saturated heterocycles. The van der Waals surface area contributed by atoms with Crippen LogP contribution >= 0.6 is 11.6 Å². The number of carbonyl (C=O) groups is 1. The second-order valence-electron chi connectivity index (χ2n) is 4.47. The van der Waals surface area contributed by atoms with E-state index in [1.54, 1.807) is 18.3 Å². The number of amides is 1. The molecule has 0 radical (unpaired) electrons. The van der Waals surface area contributed by atoms with Crippen LogP contribution in [0.5, 0.6) is 0 Å². The first kappa shape index (κ1) is 14.6. The van der Waals surface area contributed by atoms with Crippen LogP contribution in [0.1, 0.15) is 22.3 Å². The molecular weight excluding hydrogens is 276 g/mol. The van der Waals surface area contributed by atoms with Crippen LogP contribution in [0.15, 0.2) is 36.7 Å². The molecule has 2 rings (SSSR count). The molecule has 1 amide bonds. The zero-order chi connectivity index (χ0) is 14.4. The third-order valence-corrected chi connectivity index (χ3v) is 3.30. The molecule has 20 heavy (non-hydrogen) atoms. The first-order valence-corrected chi connectivity index (χ1v) is 6.81. The Kier molecular flexibility index (Phi) is 5.15. The minimum absolute atomic E-state index is 0.428. The zero-order valence-electron chi connectivity index (χ0n) is 11.1. The molecule has 0 saturated carbocycles. The van der Waals surface area contributed by atoms with Crippen molar-refractivity contribution in [3.8, 4) is 0 Å². The molecule has 5 nitrogen and oxygen atoms in total. The molecule has 1 aromatic heterocycles. The smallest absolute Gasteiger partial charge is 0.248 e. The number of nitrogens with one attached hydrogen (secondary N) is 1. The Bertz CT molecular complexity index is 569. The molecule has 6 heteroatoms. The van der Waals surface area contributed by atoms with Gasteiger partial charge in [-0.15, -0.1) is 0 Å². The standard InChI is InChI=1S/C14H17ClN4O/c15-13-9-11(14(16)20)3-4-12(13)10-17-5-1-7-19-8-2-6-18-19/h2-4,6,8-9,17H,1,5,7,10H2,(H2,16,20). The average Bonchev–Trinajstić information content (AvgIpc) is 2.93. The molecule has 0 aliphatic heterocycles. The SMILES string of the molecule is NC(=O)c1ccc(CNCCCn2cccn2)c(Cl)c1. The first-order valence-electron chi connectivity index (χ1n) is 6.43. The van der Waals surface area contributed by atoms with Gasteiger partial charge >= 0.3 is 0 Å². The average molecular weight is 293 g/mol. The van der Waals surface area contributed by atoms with E-state index in [0.717, 1.165) is 25.1 Å². The number of halogens is 1. The van der Waals surface area contributed by atoms with Crippen molar-refractivity contribution in [3.63, 3.8) is 0 Å². The van der Waals surface area contributed by atoms with Gasteiger partial charge in [0.25, 0.3) is 0 Å². The number of primary amides is 1. The van der Waals surface area contributed by atoms with Crippen molar-refractivity contribution in [2.75, 3.05) is 6.54 Å². The van der Waals surface area contributed by atoms with Gasteiger partial charge in [0.1, 0.15) is 0 Å². The van der Waals surface area contributed by atoms with Gasteiger partial charge in [-0.3, -0.25) is 9.48 Å². The van der Waals surface area contributed by atoms with Gasteiger partial charge in [0, 0.05) is 36.1 Å². The number of nitrogens with zero attached hydrogens (tertiary/aromatic N) is 2. The number of benzene rings is 1. The van der Waals surface area contributed by atoms with Crippen LogP contribution < -0.4 is 11.1 Å². The molecule has 2 aromatic rings. The molecule has 0 unspecified atom stereocenters. The molecule has 1 aromatic carbocycles. The van der Waals surface area contributed by atoms with Crippen LogP contribution in [-0.4, -0.2) is 22.2 Å². The summed E-state index contributed by atoms with van der Waals surface area (Å²) in [6.45, 7) is 2.42. The highest BCUT2D eigenvalue weighted by Gasteiger charge is 2.05. The predicted molar refractivity (Wildman–Crippen MR) is 78.5 cm³/mol. The van der Waals surface area contributed by atoms with Crippen molar-refractivity contribution in [2.45, 2.75) is 19.5 Å². The summed E-state index contributed by atoms with van der Waals surface area (Å²) in [5.41, 5.74) is 6.58. The van der Waals surface area contributed by atoms with E-state index in [2.05, 4.69) is 10.4 Å². The van der Waals surface area contributed by atoms with E-state index in [0.29, 0.717) is 17.1 Å². The van der Waals surface area contributed by atoms with Crippen LogP contribution in [0, 0.1) is 0 Å². The number of nitrogens with two attached hydrogens (primary N) is 1. The van der Waals surface area contributed by atoms with E-state index in [-0.39, 0.29) is 0 Å². The maximum absolute atomic E-state index is 11.0. The highest BCUT2D eigenvalue weighted by atomic mass is 35.5. The lowest BCUT2D eigenvalue weighted by molar-refractivity contribution is 0.100. The largest absolute Gasteiger partial charge is 0.366 e. The number of aryl methyl sites for hydroxylation is 1.